The Kier molecular flexibility index (Phi) is 6.20. The van der Waals surface area contributed by atoms with Crippen molar-refractivity contribution in [3.8, 4) is 5.75 Å². The number of carbonyl (C=O) groups excluding carboxylic acids is 2. The lowest BCUT2D eigenvalue weighted by atomic mass is 9.98. The summed E-state index contributed by atoms with van der Waals surface area (Å²) in [6, 6.07) is 16.7. The molecule has 2 amide bonds. The normalized spacial score (nSPS) is 12.9. The molecule has 34 heavy (non-hydrogen) atoms. The van der Waals surface area contributed by atoms with Gasteiger partial charge in [-0.1, -0.05) is 30.3 Å². The van der Waals surface area contributed by atoms with Crippen molar-refractivity contribution in [3.05, 3.63) is 89.2 Å². The van der Waals surface area contributed by atoms with Gasteiger partial charge in [0.2, 0.25) is 5.91 Å². The van der Waals surface area contributed by atoms with Gasteiger partial charge in [0, 0.05) is 30.2 Å². The van der Waals surface area contributed by atoms with Gasteiger partial charge in [0.05, 0.1) is 19.2 Å². The van der Waals surface area contributed by atoms with Crippen molar-refractivity contribution in [3.63, 3.8) is 0 Å². The summed E-state index contributed by atoms with van der Waals surface area (Å²) in [5, 5.41) is 10.9. The van der Waals surface area contributed by atoms with Crippen LogP contribution in [0.4, 0.5) is 0 Å². The number of hydrogen-bond donors (Lipinski definition) is 2. The zero-order valence-corrected chi connectivity index (χ0v) is 18.7. The van der Waals surface area contributed by atoms with Crippen molar-refractivity contribution in [2.45, 2.75) is 19.4 Å². The molecule has 1 aliphatic heterocycles. The zero-order chi connectivity index (χ0) is 23.3. The van der Waals surface area contributed by atoms with Gasteiger partial charge in [0.1, 0.15) is 12.4 Å². The zero-order valence-electron chi connectivity index (χ0n) is 18.7. The first-order valence-electron chi connectivity index (χ1n) is 11.3. The van der Waals surface area contributed by atoms with Gasteiger partial charge in [-0.05, 0) is 47.4 Å². The SMILES string of the molecule is O=C(NCCOc1ccccc1)c1cccc(CC(=O)N2CCc3c(cnc4[nH]ncc34)C2)c1. The Hall–Kier alpha value is -4.20. The number of benzene rings is 2. The van der Waals surface area contributed by atoms with E-state index in [1.54, 1.807) is 18.3 Å². The summed E-state index contributed by atoms with van der Waals surface area (Å²) < 4.78 is 5.61. The van der Waals surface area contributed by atoms with Crippen molar-refractivity contribution in [2.24, 2.45) is 0 Å². The van der Waals surface area contributed by atoms with Crippen molar-refractivity contribution in [1.82, 2.24) is 25.4 Å². The maximum absolute atomic E-state index is 13.0. The fourth-order valence-electron chi connectivity index (χ4n) is 4.23. The molecule has 8 nitrogen and oxygen atoms in total. The van der Waals surface area contributed by atoms with E-state index in [4.69, 9.17) is 4.74 Å². The lowest BCUT2D eigenvalue weighted by molar-refractivity contribution is -0.131. The number of nitrogens with zero attached hydrogens (tertiary/aromatic N) is 3. The van der Waals surface area contributed by atoms with Crippen LogP contribution >= 0.6 is 0 Å². The number of fused-ring (bicyclic) bond motifs is 3. The third kappa shape index (κ3) is 4.76. The quantitative estimate of drug-likeness (QED) is 0.418. The molecule has 0 fully saturated rings. The summed E-state index contributed by atoms with van der Waals surface area (Å²) in [4.78, 5) is 31.8. The number of aromatic amines is 1. The maximum atomic E-state index is 13.0. The molecule has 3 heterocycles. The van der Waals surface area contributed by atoms with E-state index in [9.17, 15) is 9.59 Å². The van der Waals surface area contributed by atoms with Crippen molar-refractivity contribution in [2.75, 3.05) is 19.7 Å². The Morgan fingerprint density at radius 3 is 2.85 bits per heavy atom. The monoisotopic (exact) mass is 455 g/mol. The van der Waals surface area contributed by atoms with E-state index in [1.807, 2.05) is 53.6 Å². The van der Waals surface area contributed by atoms with Crippen LogP contribution in [0.1, 0.15) is 27.0 Å². The molecule has 0 saturated carbocycles. The van der Waals surface area contributed by atoms with E-state index in [0.717, 1.165) is 34.3 Å². The summed E-state index contributed by atoms with van der Waals surface area (Å²) in [5.74, 6) is 0.613. The highest BCUT2D eigenvalue weighted by atomic mass is 16.5. The highest BCUT2D eigenvalue weighted by Crippen LogP contribution is 2.25. The minimum absolute atomic E-state index is 0.0340. The number of hydrogen-bond acceptors (Lipinski definition) is 5. The molecule has 0 spiro atoms. The summed E-state index contributed by atoms with van der Waals surface area (Å²) in [5.41, 5.74) is 4.38. The van der Waals surface area contributed by atoms with Crippen LogP contribution in [0.25, 0.3) is 11.0 Å². The van der Waals surface area contributed by atoms with Gasteiger partial charge in [-0.15, -0.1) is 0 Å². The number of amides is 2. The number of pyridine rings is 1. The predicted molar refractivity (Wildman–Crippen MR) is 127 cm³/mol. The van der Waals surface area contributed by atoms with Crippen LogP contribution in [-0.2, 0) is 24.2 Å². The highest BCUT2D eigenvalue weighted by Gasteiger charge is 2.23. The molecule has 1 aliphatic rings. The van der Waals surface area contributed by atoms with E-state index in [2.05, 4.69) is 20.5 Å². The third-order valence-electron chi connectivity index (χ3n) is 5.97. The third-order valence-corrected chi connectivity index (χ3v) is 5.97. The largest absolute Gasteiger partial charge is 0.492 e. The second kappa shape index (κ2) is 9.74. The Bertz CT molecular complexity index is 1320. The molecule has 4 aromatic rings. The lowest BCUT2D eigenvalue weighted by Crippen LogP contribution is -2.37. The van der Waals surface area contributed by atoms with Crippen LogP contribution in [0.15, 0.2) is 67.0 Å². The number of ether oxygens (including phenoxy) is 1. The molecule has 0 atom stereocenters. The second-order valence-corrected chi connectivity index (χ2v) is 8.25. The van der Waals surface area contributed by atoms with Crippen molar-refractivity contribution in [1.29, 1.82) is 0 Å². The van der Waals surface area contributed by atoms with E-state index >= 15 is 0 Å². The molecule has 2 aromatic carbocycles. The first-order valence-corrected chi connectivity index (χ1v) is 11.3. The molecule has 0 bridgehead atoms. The Labute approximate surface area is 197 Å². The number of para-hydroxylation sites is 1. The number of nitrogens with one attached hydrogen (secondary N) is 2. The fourth-order valence-corrected chi connectivity index (χ4v) is 4.23. The second-order valence-electron chi connectivity index (χ2n) is 8.25. The predicted octanol–water partition coefficient (Wildman–Crippen LogP) is 2.89. The maximum Gasteiger partial charge on any atom is 0.251 e. The Morgan fingerprint density at radius 1 is 1.09 bits per heavy atom. The molecule has 0 aliphatic carbocycles. The summed E-state index contributed by atoms with van der Waals surface area (Å²) >= 11 is 0. The van der Waals surface area contributed by atoms with E-state index in [0.29, 0.717) is 31.8 Å². The van der Waals surface area contributed by atoms with Crippen molar-refractivity contribution < 1.29 is 14.3 Å². The van der Waals surface area contributed by atoms with Crippen LogP contribution in [0, 0.1) is 0 Å². The minimum atomic E-state index is -0.187. The Morgan fingerprint density at radius 2 is 1.97 bits per heavy atom. The van der Waals surface area contributed by atoms with Gasteiger partial charge >= 0.3 is 0 Å². The molecule has 5 rings (SSSR count). The topological polar surface area (TPSA) is 100 Å². The number of carbonyl (C=O) groups is 2. The standard InChI is InChI=1S/C26H25N5O3/c32-24(31-11-9-22-20(17-31)15-28-25-23(22)16-29-30-25)14-18-5-4-6-19(13-18)26(33)27-10-12-34-21-7-2-1-3-8-21/h1-8,13,15-16H,9-12,14,17H2,(H,27,33)(H,28,29,30). The smallest absolute Gasteiger partial charge is 0.251 e. The average Bonchev–Trinajstić information content (AvgIpc) is 3.36. The van der Waals surface area contributed by atoms with Gasteiger partial charge in [-0.3, -0.25) is 14.7 Å². The van der Waals surface area contributed by atoms with Crippen LogP contribution in [0.5, 0.6) is 5.75 Å². The number of H-pyrrole nitrogens is 1. The molecule has 2 aromatic heterocycles. The van der Waals surface area contributed by atoms with Crippen LogP contribution in [0.3, 0.4) is 0 Å². The number of aromatic nitrogens is 3. The van der Waals surface area contributed by atoms with E-state index < -0.39 is 0 Å². The van der Waals surface area contributed by atoms with Gasteiger partial charge in [0.25, 0.3) is 5.91 Å². The Balaban J connectivity index is 1.16. The first kappa shape index (κ1) is 21.6. The summed E-state index contributed by atoms with van der Waals surface area (Å²) in [6.07, 6.45) is 4.63. The van der Waals surface area contributed by atoms with Gasteiger partial charge in [-0.2, -0.15) is 5.10 Å². The minimum Gasteiger partial charge on any atom is -0.492 e. The van der Waals surface area contributed by atoms with E-state index in [1.165, 1.54) is 5.56 Å². The number of rotatable bonds is 7. The van der Waals surface area contributed by atoms with Gasteiger partial charge in [-0.25, -0.2) is 4.98 Å². The average molecular weight is 456 g/mol. The first-order chi connectivity index (χ1) is 16.7. The van der Waals surface area contributed by atoms with Gasteiger partial charge in [0.15, 0.2) is 5.65 Å². The molecular weight excluding hydrogens is 430 g/mol. The lowest BCUT2D eigenvalue weighted by Gasteiger charge is -2.29. The molecule has 0 radical (unpaired) electrons. The van der Waals surface area contributed by atoms with Gasteiger partial charge < -0.3 is 15.0 Å². The molecular formula is C26H25N5O3. The summed E-state index contributed by atoms with van der Waals surface area (Å²) in [7, 11) is 0. The molecule has 8 heteroatoms. The van der Waals surface area contributed by atoms with Crippen LogP contribution in [0.2, 0.25) is 0 Å². The van der Waals surface area contributed by atoms with Crippen molar-refractivity contribution >= 4 is 22.8 Å². The van der Waals surface area contributed by atoms with Crippen LogP contribution < -0.4 is 10.1 Å². The van der Waals surface area contributed by atoms with E-state index in [-0.39, 0.29) is 18.2 Å². The fraction of sp³-hybridized carbons (Fsp3) is 0.231. The van der Waals surface area contributed by atoms with Crippen LogP contribution in [-0.4, -0.2) is 51.6 Å². The molecule has 0 unspecified atom stereocenters. The molecule has 172 valence electrons. The summed E-state index contributed by atoms with van der Waals surface area (Å²) in [6.45, 7) is 1.95. The molecule has 0 saturated heterocycles. The highest BCUT2D eigenvalue weighted by molar-refractivity contribution is 5.94. The molecule has 2 N–H and O–H groups in total.